The molecule has 0 unspecified atom stereocenters. The van der Waals surface area contributed by atoms with Gasteiger partial charge in [0.25, 0.3) is 5.91 Å². The maximum atomic E-state index is 13.0. The molecular weight excluding hydrogens is 445 g/mol. The molecule has 0 bridgehead atoms. The van der Waals surface area contributed by atoms with E-state index < -0.39 is 0 Å². The van der Waals surface area contributed by atoms with Crippen LogP contribution >= 0.6 is 0 Å². The summed E-state index contributed by atoms with van der Waals surface area (Å²) >= 11 is 0. The average Bonchev–Trinajstić information content (AvgIpc) is 3.25. The number of amides is 1. The molecule has 180 valence electrons. The Hall–Kier alpha value is -3.87. The molecule has 6 nitrogen and oxygen atoms in total. The highest BCUT2D eigenvalue weighted by atomic mass is 19.1. The van der Waals surface area contributed by atoms with Crippen LogP contribution in [0.1, 0.15) is 18.7 Å². The normalized spacial score (nSPS) is 14.3. The van der Waals surface area contributed by atoms with Crippen LogP contribution in [0.25, 0.3) is 11.0 Å². The van der Waals surface area contributed by atoms with Gasteiger partial charge in [-0.1, -0.05) is 30.3 Å². The molecule has 0 radical (unpaired) electrons. The maximum absolute atomic E-state index is 13.0. The molecule has 35 heavy (non-hydrogen) atoms. The molecule has 0 N–H and O–H groups in total. The minimum Gasteiger partial charge on any atom is -0.486 e. The number of likely N-dealkylation sites (tertiary alicyclic amines) is 1. The van der Waals surface area contributed by atoms with Gasteiger partial charge in [-0.05, 0) is 67.3 Å². The van der Waals surface area contributed by atoms with E-state index >= 15 is 0 Å². The number of rotatable bonds is 8. The van der Waals surface area contributed by atoms with E-state index in [0.29, 0.717) is 31.4 Å². The molecule has 4 aromatic rings. The van der Waals surface area contributed by atoms with Crippen LogP contribution in [0.3, 0.4) is 0 Å². The number of carbonyl (C=O) groups excluding carboxylic acids is 1. The smallest absolute Gasteiger partial charge is 0.260 e. The third-order valence-corrected chi connectivity index (χ3v) is 6.43. The van der Waals surface area contributed by atoms with E-state index in [0.717, 1.165) is 42.0 Å². The topological polar surface area (TPSA) is 56.6 Å². The van der Waals surface area contributed by atoms with Gasteiger partial charge in [-0.2, -0.15) is 0 Å². The lowest BCUT2D eigenvalue weighted by atomic mass is 9.96. The van der Waals surface area contributed by atoms with Crippen LogP contribution in [0.2, 0.25) is 0 Å². The number of benzene rings is 3. The Morgan fingerprint density at radius 2 is 1.57 bits per heavy atom. The number of ether oxygens (including phenoxy) is 2. The van der Waals surface area contributed by atoms with Gasteiger partial charge >= 0.3 is 0 Å². The Morgan fingerprint density at radius 1 is 0.886 bits per heavy atom. The van der Waals surface area contributed by atoms with E-state index in [1.807, 2.05) is 53.4 Å². The zero-order valence-electron chi connectivity index (χ0n) is 19.5. The van der Waals surface area contributed by atoms with Gasteiger partial charge in [0.15, 0.2) is 6.61 Å². The number of piperidine rings is 1. The number of nitrogens with zero attached hydrogens (tertiary/aromatic N) is 3. The molecule has 0 atom stereocenters. The van der Waals surface area contributed by atoms with Crippen molar-refractivity contribution in [1.29, 1.82) is 0 Å². The molecule has 1 aromatic heterocycles. The number of hydrogen-bond donors (Lipinski definition) is 0. The Balaban J connectivity index is 1.19. The van der Waals surface area contributed by atoms with Crippen molar-refractivity contribution in [3.63, 3.8) is 0 Å². The molecule has 1 aliphatic rings. The van der Waals surface area contributed by atoms with Gasteiger partial charge in [0.1, 0.15) is 29.7 Å². The van der Waals surface area contributed by atoms with E-state index in [2.05, 4.69) is 10.6 Å². The van der Waals surface area contributed by atoms with Crippen molar-refractivity contribution in [2.24, 2.45) is 5.92 Å². The highest BCUT2D eigenvalue weighted by molar-refractivity contribution is 5.78. The Labute approximate surface area is 203 Å². The van der Waals surface area contributed by atoms with Crippen molar-refractivity contribution >= 4 is 16.9 Å². The Kier molecular flexibility index (Phi) is 6.93. The van der Waals surface area contributed by atoms with E-state index in [4.69, 9.17) is 14.5 Å². The fourth-order valence-electron chi connectivity index (χ4n) is 4.49. The number of imidazole rings is 1. The molecule has 0 saturated carbocycles. The summed E-state index contributed by atoms with van der Waals surface area (Å²) < 4.78 is 26.8. The Bertz CT molecular complexity index is 1270. The average molecular weight is 474 g/mol. The molecule has 5 rings (SSSR count). The van der Waals surface area contributed by atoms with E-state index in [-0.39, 0.29) is 18.3 Å². The van der Waals surface area contributed by atoms with Crippen LogP contribution in [0.15, 0.2) is 78.9 Å². The summed E-state index contributed by atoms with van der Waals surface area (Å²) in [5, 5.41) is 0. The summed E-state index contributed by atoms with van der Waals surface area (Å²) in [6.45, 7) is 2.58. The number of hydrogen-bond acceptors (Lipinski definition) is 4. The van der Waals surface area contributed by atoms with Gasteiger partial charge < -0.3 is 18.9 Å². The molecule has 1 fully saturated rings. The van der Waals surface area contributed by atoms with Crippen molar-refractivity contribution in [2.45, 2.75) is 26.0 Å². The van der Waals surface area contributed by atoms with Crippen molar-refractivity contribution in [3.8, 4) is 11.5 Å². The Morgan fingerprint density at radius 3 is 2.34 bits per heavy atom. The highest BCUT2D eigenvalue weighted by Crippen LogP contribution is 2.25. The van der Waals surface area contributed by atoms with E-state index in [9.17, 15) is 9.18 Å². The summed E-state index contributed by atoms with van der Waals surface area (Å²) in [5.41, 5.74) is 2.06. The first kappa shape index (κ1) is 22.9. The number of aromatic nitrogens is 2. The SMILES string of the molecule is O=C(COc1ccc(F)cc1)N1CCC(Cn2c(COc3ccccc3)nc3ccccc32)CC1. The number of carbonyl (C=O) groups is 1. The summed E-state index contributed by atoms with van der Waals surface area (Å²) in [5.74, 6) is 2.28. The van der Waals surface area contributed by atoms with Crippen molar-refractivity contribution in [2.75, 3.05) is 19.7 Å². The molecule has 2 heterocycles. The minimum atomic E-state index is -0.328. The van der Waals surface area contributed by atoms with Crippen molar-refractivity contribution in [3.05, 3.63) is 90.5 Å². The molecule has 0 spiro atoms. The molecule has 1 saturated heterocycles. The predicted molar refractivity (Wildman–Crippen MR) is 132 cm³/mol. The van der Waals surface area contributed by atoms with Crippen LogP contribution < -0.4 is 9.47 Å². The number of para-hydroxylation sites is 3. The highest BCUT2D eigenvalue weighted by Gasteiger charge is 2.25. The van der Waals surface area contributed by atoms with Gasteiger partial charge in [-0.3, -0.25) is 4.79 Å². The third kappa shape index (κ3) is 5.62. The van der Waals surface area contributed by atoms with Crippen LogP contribution in [0.5, 0.6) is 11.5 Å². The first-order valence-corrected chi connectivity index (χ1v) is 11.9. The third-order valence-electron chi connectivity index (χ3n) is 6.43. The summed E-state index contributed by atoms with van der Waals surface area (Å²) in [7, 11) is 0. The summed E-state index contributed by atoms with van der Waals surface area (Å²) in [6, 6.07) is 23.6. The fraction of sp³-hybridized carbons (Fsp3) is 0.286. The summed E-state index contributed by atoms with van der Waals surface area (Å²) in [4.78, 5) is 19.3. The number of fused-ring (bicyclic) bond motifs is 1. The quantitative estimate of drug-likeness (QED) is 0.359. The van der Waals surface area contributed by atoms with E-state index in [1.54, 1.807) is 0 Å². The maximum Gasteiger partial charge on any atom is 0.260 e. The first-order valence-electron chi connectivity index (χ1n) is 11.9. The second kappa shape index (κ2) is 10.6. The lowest BCUT2D eigenvalue weighted by Crippen LogP contribution is -2.41. The largest absolute Gasteiger partial charge is 0.486 e. The second-order valence-corrected chi connectivity index (χ2v) is 8.80. The van der Waals surface area contributed by atoms with Crippen LogP contribution in [-0.2, 0) is 17.9 Å². The molecule has 1 aliphatic heterocycles. The minimum absolute atomic E-state index is 0.0383. The fourth-order valence-corrected chi connectivity index (χ4v) is 4.49. The predicted octanol–water partition coefficient (Wildman–Crippen LogP) is 5.07. The van der Waals surface area contributed by atoms with Crippen LogP contribution in [0, 0.1) is 11.7 Å². The molecule has 7 heteroatoms. The molecule has 3 aromatic carbocycles. The molecule has 0 aliphatic carbocycles. The lowest BCUT2D eigenvalue weighted by Gasteiger charge is -2.32. The van der Waals surface area contributed by atoms with Gasteiger partial charge in [0, 0.05) is 19.6 Å². The van der Waals surface area contributed by atoms with Crippen molar-refractivity contribution in [1.82, 2.24) is 14.5 Å². The van der Waals surface area contributed by atoms with Crippen LogP contribution in [-0.4, -0.2) is 40.1 Å². The first-order chi connectivity index (χ1) is 17.2. The summed E-state index contributed by atoms with van der Waals surface area (Å²) in [6.07, 6.45) is 1.82. The second-order valence-electron chi connectivity index (χ2n) is 8.80. The molecular formula is C28H28FN3O3. The van der Waals surface area contributed by atoms with Crippen molar-refractivity contribution < 1.29 is 18.7 Å². The van der Waals surface area contributed by atoms with Gasteiger partial charge in [-0.25, -0.2) is 9.37 Å². The monoisotopic (exact) mass is 473 g/mol. The van der Waals surface area contributed by atoms with Crippen LogP contribution in [0.4, 0.5) is 4.39 Å². The number of halogens is 1. The molecule has 1 amide bonds. The van der Waals surface area contributed by atoms with Gasteiger partial charge in [0.2, 0.25) is 0 Å². The zero-order valence-corrected chi connectivity index (χ0v) is 19.5. The van der Waals surface area contributed by atoms with E-state index in [1.165, 1.54) is 24.3 Å². The lowest BCUT2D eigenvalue weighted by molar-refractivity contribution is -0.134. The van der Waals surface area contributed by atoms with Gasteiger partial charge in [0.05, 0.1) is 11.0 Å². The van der Waals surface area contributed by atoms with Gasteiger partial charge in [-0.15, -0.1) is 0 Å². The zero-order chi connectivity index (χ0) is 24.0. The standard InChI is InChI=1S/C28H28FN3O3/c29-22-10-12-24(13-11-22)35-20-28(33)31-16-14-21(15-17-31)18-32-26-9-5-4-8-25(26)30-27(32)19-34-23-6-2-1-3-7-23/h1-13,21H,14-20H2.